The minimum absolute atomic E-state index is 0.108. The van der Waals surface area contributed by atoms with Gasteiger partial charge in [0.15, 0.2) is 0 Å². The van der Waals surface area contributed by atoms with Gasteiger partial charge in [0, 0.05) is 12.3 Å². The van der Waals surface area contributed by atoms with Crippen molar-refractivity contribution in [1.82, 2.24) is 0 Å². The number of carbonyl (C=O) groups is 1. The molecule has 0 amide bonds. The van der Waals surface area contributed by atoms with E-state index in [-0.39, 0.29) is 5.41 Å². The van der Waals surface area contributed by atoms with Gasteiger partial charge in [0.1, 0.15) is 6.29 Å². The highest BCUT2D eigenvalue weighted by Crippen LogP contribution is 2.53. The van der Waals surface area contributed by atoms with Gasteiger partial charge in [-0.3, -0.25) is 0 Å². The molecule has 0 aromatic rings. The molecular formula is C10H17NO2. The van der Waals surface area contributed by atoms with Crippen LogP contribution in [-0.4, -0.2) is 17.2 Å². The number of aldehydes is 1. The maximum absolute atomic E-state index is 10.4. The van der Waals surface area contributed by atoms with Gasteiger partial charge >= 0.3 is 0 Å². The zero-order valence-corrected chi connectivity index (χ0v) is 8.45. The largest absolute Gasteiger partial charge is 0.411 e. The SMILES string of the molecule is C/C(=N\O)C1CC(CC=O)C1(C)C. The Bertz CT molecular complexity index is 233. The average Bonchev–Trinajstić information content (AvgIpc) is 2.10. The van der Waals surface area contributed by atoms with E-state index in [0.717, 1.165) is 18.4 Å². The zero-order valence-electron chi connectivity index (χ0n) is 8.45. The Morgan fingerprint density at radius 1 is 1.69 bits per heavy atom. The fraction of sp³-hybridized carbons (Fsp3) is 0.800. The van der Waals surface area contributed by atoms with Crippen molar-refractivity contribution >= 4 is 12.0 Å². The van der Waals surface area contributed by atoms with E-state index in [1.54, 1.807) is 0 Å². The van der Waals surface area contributed by atoms with Crippen LogP contribution >= 0.6 is 0 Å². The summed E-state index contributed by atoms with van der Waals surface area (Å²) in [5.41, 5.74) is 0.893. The molecule has 0 aliphatic heterocycles. The molecule has 0 heterocycles. The molecule has 2 unspecified atom stereocenters. The van der Waals surface area contributed by atoms with Gasteiger partial charge < -0.3 is 10.0 Å². The van der Waals surface area contributed by atoms with Crippen molar-refractivity contribution in [1.29, 1.82) is 0 Å². The molecule has 1 rings (SSSR count). The number of hydrogen-bond donors (Lipinski definition) is 1. The van der Waals surface area contributed by atoms with E-state index in [0.29, 0.717) is 18.3 Å². The Kier molecular flexibility index (Phi) is 2.74. The lowest BCUT2D eigenvalue weighted by Crippen LogP contribution is -2.48. The van der Waals surface area contributed by atoms with Crippen LogP contribution in [0.25, 0.3) is 0 Å². The second-order valence-corrected chi connectivity index (χ2v) is 4.45. The zero-order chi connectivity index (χ0) is 10.1. The molecule has 0 aromatic carbocycles. The maximum Gasteiger partial charge on any atom is 0.120 e. The van der Waals surface area contributed by atoms with E-state index < -0.39 is 0 Å². The fourth-order valence-electron chi connectivity index (χ4n) is 2.31. The molecule has 0 aromatic heterocycles. The fourth-order valence-corrected chi connectivity index (χ4v) is 2.31. The predicted octanol–water partition coefficient (Wildman–Crippen LogP) is 2.09. The van der Waals surface area contributed by atoms with Crippen LogP contribution in [0, 0.1) is 17.3 Å². The van der Waals surface area contributed by atoms with Crippen LogP contribution in [0.1, 0.15) is 33.6 Å². The molecule has 3 nitrogen and oxygen atoms in total. The Morgan fingerprint density at radius 2 is 2.31 bits per heavy atom. The van der Waals surface area contributed by atoms with E-state index in [9.17, 15) is 4.79 Å². The highest BCUT2D eigenvalue weighted by atomic mass is 16.4. The summed E-state index contributed by atoms with van der Waals surface area (Å²) in [6.07, 6.45) is 2.58. The Hall–Kier alpha value is -0.860. The molecule has 1 fully saturated rings. The Morgan fingerprint density at radius 3 is 2.69 bits per heavy atom. The highest BCUT2D eigenvalue weighted by Gasteiger charge is 2.48. The van der Waals surface area contributed by atoms with Crippen LogP contribution in [-0.2, 0) is 4.79 Å². The maximum atomic E-state index is 10.4. The minimum Gasteiger partial charge on any atom is -0.411 e. The average molecular weight is 183 g/mol. The van der Waals surface area contributed by atoms with Crippen molar-refractivity contribution in [3.05, 3.63) is 0 Å². The summed E-state index contributed by atoms with van der Waals surface area (Å²) in [5, 5.41) is 11.9. The number of carbonyl (C=O) groups excluding carboxylic acids is 1. The van der Waals surface area contributed by atoms with Crippen LogP contribution in [0.15, 0.2) is 5.16 Å². The topological polar surface area (TPSA) is 49.7 Å². The summed E-state index contributed by atoms with van der Waals surface area (Å²) in [7, 11) is 0. The van der Waals surface area contributed by atoms with Gasteiger partial charge in [-0.1, -0.05) is 19.0 Å². The first kappa shape index (κ1) is 10.2. The molecular weight excluding hydrogens is 166 g/mol. The van der Waals surface area contributed by atoms with Crippen LogP contribution in [0.2, 0.25) is 0 Å². The third-order valence-corrected chi connectivity index (χ3v) is 3.51. The highest BCUT2D eigenvalue weighted by molar-refractivity contribution is 5.85. The summed E-state index contributed by atoms with van der Waals surface area (Å²) in [4.78, 5) is 10.4. The molecule has 2 atom stereocenters. The third kappa shape index (κ3) is 1.60. The molecule has 1 saturated carbocycles. The second kappa shape index (κ2) is 3.48. The first-order valence-corrected chi connectivity index (χ1v) is 4.66. The smallest absolute Gasteiger partial charge is 0.120 e. The summed E-state index contributed by atoms with van der Waals surface area (Å²) in [6.45, 7) is 6.09. The van der Waals surface area contributed by atoms with E-state index in [2.05, 4.69) is 19.0 Å². The molecule has 3 heteroatoms. The number of oxime groups is 1. The molecule has 0 saturated heterocycles. The van der Waals surface area contributed by atoms with Gasteiger partial charge in [-0.25, -0.2) is 0 Å². The second-order valence-electron chi connectivity index (χ2n) is 4.45. The molecule has 1 N–H and O–H groups in total. The van der Waals surface area contributed by atoms with Gasteiger partial charge in [0.2, 0.25) is 0 Å². The lowest BCUT2D eigenvalue weighted by Gasteiger charge is -2.51. The third-order valence-electron chi connectivity index (χ3n) is 3.51. The predicted molar refractivity (Wildman–Crippen MR) is 51.0 cm³/mol. The van der Waals surface area contributed by atoms with Crippen molar-refractivity contribution < 1.29 is 10.0 Å². The molecule has 1 aliphatic carbocycles. The van der Waals surface area contributed by atoms with Crippen LogP contribution < -0.4 is 0 Å². The van der Waals surface area contributed by atoms with Gasteiger partial charge in [-0.05, 0) is 24.7 Å². The Balaban J connectivity index is 2.63. The standard InChI is InChI=1S/C10H17NO2/c1-7(11-13)9-6-8(4-5-12)10(9,2)3/h5,8-9,13H,4,6H2,1-3H3/b11-7+. The number of rotatable bonds is 3. The van der Waals surface area contributed by atoms with Gasteiger partial charge in [0.05, 0.1) is 5.71 Å². The lowest BCUT2D eigenvalue weighted by atomic mass is 9.53. The van der Waals surface area contributed by atoms with Crippen LogP contribution in [0.5, 0.6) is 0 Å². The van der Waals surface area contributed by atoms with Crippen LogP contribution in [0.4, 0.5) is 0 Å². The summed E-state index contributed by atoms with van der Waals surface area (Å²) in [6, 6.07) is 0. The monoisotopic (exact) mass is 183 g/mol. The van der Waals surface area contributed by atoms with Crippen molar-refractivity contribution in [2.75, 3.05) is 0 Å². The van der Waals surface area contributed by atoms with Crippen molar-refractivity contribution in [3.63, 3.8) is 0 Å². The summed E-state index contributed by atoms with van der Waals surface area (Å²) < 4.78 is 0. The molecule has 13 heavy (non-hydrogen) atoms. The van der Waals surface area contributed by atoms with Crippen LogP contribution in [0.3, 0.4) is 0 Å². The Labute approximate surface area is 78.8 Å². The first-order valence-electron chi connectivity index (χ1n) is 4.66. The van der Waals surface area contributed by atoms with Crippen molar-refractivity contribution in [3.8, 4) is 0 Å². The lowest BCUT2D eigenvalue weighted by molar-refractivity contribution is -0.112. The normalized spacial score (nSPS) is 32.4. The quantitative estimate of drug-likeness (QED) is 0.315. The first-order chi connectivity index (χ1) is 6.04. The van der Waals surface area contributed by atoms with Gasteiger partial charge in [-0.2, -0.15) is 0 Å². The molecule has 0 radical (unpaired) electrons. The number of nitrogens with zero attached hydrogens (tertiary/aromatic N) is 1. The molecule has 0 bridgehead atoms. The van der Waals surface area contributed by atoms with E-state index in [1.165, 1.54) is 0 Å². The van der Waals surface area contributed by atoms with E-state index in [1.807, 2.05) is 6.92 Å². The van der Waals surface area contributed by atoms with Crippen molar-refractivity contribution in [2.45, 2.75) is 33.6 Å². The van der Waals surface area contributed by atoms with Gasteiger partial charge in [-0.15, -0.1) is 0 Å². The van der Waals surface area contributed by atoms with Crippen molar-refractivity contribution in [2.24, 2.45) is 22.4 Å². The van der Waals surface area contributed by atoms with E-state index in [4.69, 9.17) is 5.21 Å². The summed E-state index contributed by atoms with van der Waals surface area (Å²) in [5.74, 6) is 0.786. The molecule has 0 spiro atoms. The van der Waals surface area contributed by atoms with E-state index >= 15 is 0 Å². The molecule has 74 valence electrons. The molecule has 1 aliphatic rings. The number of hydrogen-bond acceptors (Lipinski definition) is 3. The summed E-state index contributed by atoms with van der Waals surface area (Å²) >= 11 is 0. The van der Waals surface area contributed by atoms with Gasteiger partial charge in [0.25, 0.3) is 0 Å². The minimum atomic E-state index is 0.108.